The number of para-hydroxylation sites is 1. The number of aliphatic hydroxyl groups is 3. The van der Waals surface area contributed by atoms with Crippen molar-refractivity contribution in [1.29, 1.82) is 0 Å². The van der Waals surface area contributed by atoms with Crippen LogP contribution in [0.25, 0.3) is 10.9 Å². The molecule has 6 nitrogen and oxygen atoms in total. The second kappa shape index (κ2) is 9.15. The van der Waals surface area contributed by atoms with Crippen molar-refractivity contribution >= 4 is 36.7 Å². The van der Waals surface area contributed by atoms with Gasteiger partial charge < -0.3 is 26.2 Å². The van der Waals surface area contributed by atoms with Gasteiger partial charge in [0.2, 0.25) is 0 Å². The van der Waals surface area contributed by atoms with E-state index in [4.69, 9.17) is 21.1 Å². The Kier molecular flexibility index (Phi) is 8.75. The van der Waals surface area contributed by atoms with Gasteiger partial charge in [-0.3, -0.25) is 4.98 Å². The van der Waals surface area contributed by atoms with E-state index in [9.17, 15) is 5.11 Å². The van der Waals surface area contributed by atoms with E-state index in [0.29, 0.717) is 5.52 Å². The van der Waals surface area contributed by atoms with E-state index in [-0.39, 0.29) is 31.6 Å². The van der Waals surface area contributed by atoms with Gasteiger partial charge in [-0.15, -0.1) is 0 Å². The average Bonchev–Trinajstić information content (AvgIpc) is 2.48. The molecule has 6 N–H and O–H groups in total. The Morgan fingerprint density at radius 3 is 2.00 bits per heavy atom. The summed E-state index contributed by atoms with van der Waals surface area (Å²) < 4.78 is 0. The van der Waals surface area contributed by atoms with Crippen molar-refractivity contribution in [2.24, 2.45) is 5.73 Å². The molecular weight excluding hydrogens is 363 g/mol. The normalized spacial score (nSPS) is 10.4. The number of rotatable bonds is 3. The Hall–Kier alpha value is -0.860. The molecule has 0 unspecified atom stereocenters. The summed E-state index contributed by atoms with van der Waals surface area (Å²) in [5, 5.41) is 35.3. The van der Waals surface area contributed by atoms with E-state index < -0.39 is 25.4 Å². The fourth-order valence-electron chi connectivity index (χ4n) is 1.24. The number of pyridine rings is 1. The fourth-order valence-corrected chi connectivity index (χ4v) is 1.24. The monoisotopic (exact) mass is 384 g/mol. The Bertz CT molecular complexity index is 507. The first-order valence-corrected chi connectivity index (χ1v) is 5.70. The second-order valence-corrected chi connectivity index (χ2v) is 4.19. The van der Waals surface area contributed by atoms with Crippen LogP contribution < -0.4 is 5.73 Å². The molecule has 1 heterocycles. The van der Waals surface area contributed by atoms with E-state index in [1.54, 1.807) is 18.3 Å². The molecule has 20 heavy (non-hydrogen) atoms. The van der Waals surface area contributed by atoms with Crippen molar-refractivity contribution in [2.75, 3.05) is 19.8 Å². The first-order valence-electron chi connectivity index (χ1n) is 5.70. The molecule has 0 amide bonds. The van der Waals surface area contributed by atoms with Crippen molar-refractivity contribution in [3.63, 3.8) is 0 Å². The van der Waals surface area contributed by atoms with Crippen LogP contribution in [0.3, 0.4) is 0 Å². The molecular formula is C13H21InN2O4. The Labute approximate surface area is 135 Å². The molecule has 0 aliphatic carbocycles. The molecule has 0 aliphatic rings. The van der Waals surface area contributed by atoms with Gasteiger partial charge in [-0.1, -0.05) is 18.2 Å². The first-order chi connectivity index (χ1) is 9.06. The molecule has 0 radical (unpaired) electrons. The Balaban J connectivity index is 0.000000364. The van der Waals surface area contributed by atoms with Crippen molar-refractivity contribution in [1.82, 2.24) is 4.98 Å². The molecule has 1 aromatic heterocycles. The van der Waals surface area contributed by atoms with Crippen LogP contribution >= 0.6 is 0 Å². The van der Waals surface area contributed by atoms with Gasteiger partial charge in [-0.25, -0.2) is 0 Å². The zero-order chi connectivity index (χ0) is 14.3. The van der Waals surface area contributed by atoms with E-state index in [0.717, 1.165) is 5.39 Å². The Morgan fingerprint density at radius 1 is 1.00 bits per heavy atom. The molecule has 7 heteroatoms. The van der Waals surface area contributed by atoms with Crippen LogP contribution in [0.1, 0.15) is 0 Å². The molecule has 2 aromatic rings. The van der Waals surface area contributed by atoms with Crippen LogP contribution in [0.15, 0.2) is 36.5 Å². The number of aromatic nitrogens is 1. The number of nitrogens with zero attached hydrogens (tertiary/aromatic N) is 1. The van der Waals surface area contributed by atoms with E-state index in [1.165, 1.54) is 0 Å². The van der Waals surface area contributed by atoms with Gasteiger partial charge in [0, 0.05) is 11.6 Å². The SMILES string of the molecule is NC(CO)(CO)CO.Oc1cccc2cccnc12.[InH3]. The summed E-state index contributed by atoms with van der Waals surface area (Å²) in [6, 6.07) is 9.13. The van der Waals surface area contributed by atoms with E-state index >= 15 is 0 Å². The molecule has 0 saturated heterocycles. The van der Waals surface area contributed by atoms with E-state index in [2.05, 4.69) is 4.98 Å². The second-order valence-electron chi connectivity index (χ2n) is 4.19. The fraction of sp³-hybridized carbons (Fsp3) is 0.308. The van der Waals surface area contributed by atoms with Gasteiger partial charge in [0.05, 0.1) is 25.4 Å². The number of hydrogen-bond acceptors (Lipinski definition) is 6. The zero-order valence-electron chi connectivity index (χ0n) is 10.4. The maximum atomic E-state index is 9.31. The zero-order valence-corrected chi connectivity index (χ0v) is 10.4. The third-order valence-electron chi connectivity index (χ3n) is 2.56. The summed E-state index contributed by atoms with van der Waals surface area (Å²) in [5.41, 5.74) is 4.60. The van der Waals surface area contributed by atoms with Crippen molar-refractivity contribution in [3.05, 3.63) is 36.5 Å². The van der Waals surface area contributed by atoms with Crippen molar-refractivity contribution < 1.29 is 20.4 Å². The number of phenolic OH excluding ortho intramolecular Hbond substituents is 1. The predicted octanol–water partition coefficient (Wildman–Crippen LogP) is -1.58. The third-order valence-corrected chi connectivity index (χ3v) is 2.56. The van der Waals surface area contributed by atoms with Crippen LogP contribution in [-0.2, 0) is 0 Å². The summed E-state index contributed by atoms with van der Waals surface area (Å²) in [7, 11) is 0. The van der Waals surface area contributed by atoms with Crippen LogP contribution in [-0.4, -0.2) is 76.6 Å². The van der Waals surface area contributed by atoms with Crippen molar-refractivity contribution in [2.45, 2.75) is 5.54 Å². The van der Waals surface area contributed by atoms with Gasteiger partial charge in [0.25, 0.3) is 0 Å². The minimum absolute atomic E-state index is 0. The van der Waals surface area contributed by atoms with Gasteiger partial charge in [0.15, 0.2) is 0 Å². The maximum absolute atomic E-state index is 9.31. The van der Waals surface area contributed by atoms with Gasteiger partial charge in [-0.05, 0) is 12.1 Å². The molecule has 1 aromatic carbocycles. The van der Waals surface area contributed by atoms with Gasteiger partial charge in [-0.2, -0.15) is 0 Å². The quantitative estimate of drug-likeness (QED) is 0.436. The predicted molar refractivity (Wildman–Crippen MR) is 81.5 cm³/mol. The molecule has 0 fully saturated rings. The van der Waals surface area contributed by atoms with Crippen LogP contribution in [0.2, 0.25) is 0 Å². The number of hydrogen-bond donors (Lipinski definition) is 5. The molecule has 0 atom stereocenters. The standard InChI is InChI=1S/C9H7NO.C4H11NO3.In.3H/c11-8-5-1-3-7-4-2-6-10-9(7)8;5-4(1-6,2-7)3-8;;;;/h1-6,11H;6-8H,1-3,5H2;;;;. The number of nitrogens with two attached hydrogens (primary N) is 1. The molecule has 0 spiro atoms. The number of benzene rings is 1. The summed E-state index contributed by atoms with van der Waals surface area (Å²) in [6.45, 7) is -1.21. The molecule has 110 valence electrons. The molecule has 2 rings (SSSR count). The molecule has 0 aliphatic heterocycles. The number of fused-ring (bicyclic) bond motifs is 1. The van der Waals surface area contributed by atoms with Crippen LogP contribution in [0, 0.1) is 0 Å². The van der Waals surface area contributed by atoms with E-state index in [1.807, 2.05) is 18.2 Å². The summed E-state index contributed by atoms with van der Waals surface area (Å²) >= 11 is 0. The summed E-state index contributed by atoms with van der Waals surface area (Å²) in [4.78, 5) is 4.03. The van der Waals surface area contributed by atoms with Crippen LogP contribution in [0.5, 0.6) is 5.75 Å². The van der Waals surface area contributed by atoms with Crippen molar-refractivity contribution in [3.8, 4) is 5.75 Å². The summed E-state index contributed by atoms with van der Waals surface area (Å²) in [5.74, 6) is 0.239. The van der Waals surface area contributed by atoms with Crippen LogP contribution in [0.4, 0.5) is 0 Å². The minimum atomic E-state index is -1.21. The number of aromatic hydroxyl groups is 1. The van der Waals surface area contributed by atoms with Gasteiger partial charge in [0.1, 0.15) is 11.3 Å². The third kappa shape index (κ3) is 5.26. The topological polar surface area (TPSA) is 120 Å². The number of phenols is 1. The number of aliphatic hydroxyl groups excluding tert-OH is 3. The Morgan fingerprint density at radius 2 is 1.55 bits per heavy atom. The summed E-state index contributed by atoms with van der Waals surface area (Å²) in [6.07, 6.45) is 1.67. The first kappa shape index (κ1) is 19.1. The average molecular weight is 384 g/mol. The molecule has 0 bridgehead atoms. The van der Waals surface area contributed by atoms with Gasteiger partial charge >= 0.3 is 25.8 Å². The molecule has 0 saturated carbocycles.